The Labute approximate surface area is 230 Å². The van der Waals surface area contributed by atoms with Gasteiger partial charge in [-0.1, -0.05) is 12.1 Å². The molecule has 0 unspecified atom stereocenters. The molecular weight excluding hydrogens is 536 g/mol. The highest BCUT2D eigenvalue weighted by Crippen LogP contribution is 2.14. The number of aromatic carboxylic acids is 1. The first-order valence-electron chi connectivity index (χ1n) is 12.0. The Morgan fingerprint density at radius 1 is 0.829 bits per heavy atom. The summed E-state index contributed by atoms with van der Waals surface area (Å²) in [6.45, 7) is -0.0469. The fourth-order valence-electron chi connectivity index (χ4n) is 3.91. The fraction of sp³-hybridized carbons (Fsp3) is 0.111. The fourth-order valence-corrected chi connectivity index (χ4v) is 3.91. The molecule has 0 saturated carbocycles. The number of aromatic amines is 2. The Hall–Kier alpha value is -5.69. The SMILES string of the molecule is CNC(=O)c1[nH]n(-c2ccc(COO)cc2)c(=O)c1C=C=Cc1c(C(=O)NC)[nH]n(-c2ccc(C(=O)O)cc2)c1=O. The van der Waals surface area contributed by atoms with Gasteiger partial charge in [0.25, 0.3) is 22.9 Å². The van der Waals surface area contributed by atoms with E-state index in [0.717, 1.165) is 9.36 Å². The van der Waals surface area contributed by atoms with Crippen molar-refractivity contribution in [1.82, 2.24) is 30.2 Å². The number of carbonyl (C=O) groups excluding carboxylic acids is 2. The highest BCUT2D eigenvalue weighted by Gasteiger charge is 2.20. The van der Waals surface area contributed by atoms with E-state index in [0.29, 0.717) is 11.3 Å². The van der Waals surface area contributed by atoms with Gasteiger partial charge in [-0.25, -0.2) is 19.0 Å². The number of carboxylic acid groups (broad SMARTS) is 1. The van der Waals surface area contributed by atoms with Crippen molar-refractivity contribution >= 4 is 29.9 Å². The van der Waals surface area contributed by atoms with Crippen LogP contribution in [0.4, 0.5) is 0 Å². The molecule has 0 spiro atoms. The molecule has 14 nitrogen and oxygen atoms in total. The molecule has 2 heterocycles. The first kappa shape index (κ1) is 28.3. The van der Waals surface area contributed by atoms with Gasteiger partial charge in [-0.3, -0.25) is 34.6 Å². The third-order valence-corrected chi connectivity index (χ3v) is 6.01. The lowest BCUT2D eigenvalue weighted by molar-refractivity contribution is -0.253. The molecule has 0 fully saturated rings. The second kappa shape index (κ2) is 12.0. The number of rotatable bonds is 9. The number of benzene rings is 2. The Kier molecular flexibility index (Phi) is 8.29. The zero-order chi connectivity index (χ0) is 29.7. The zero-order valence-corrected chi connectivity index (χ0v) is 21.7. The van der Waals surface area contributed by atoms with Crippen molar-refractivity contribution in [3.63, 3.8) is 0 Å². The summed E-state index contributed by atoms with van der Waals surface area (Å²) in [5.74, 6) is -2.33. The summed E-state index contributed by atoms with van der Waals surface area (Å²) in [5, 5.41) is 28.1. The average Bonchev–Trinajstić information content (AvgIpc) is 3.49. The lowest BCUT2D eigenvalue weighted by atomic mass is 10.2. The van der Waals surface area contributed by atoms with Crippen LogP contribution >= 0.6 is 0 Å². The summed E-state index contributed by atoms with van der Waals surface area (Å²) in [6, 6.07) is 11.9. The van der Waals surface area contributed by atoms with Crippen LogP contribution in [0.5, 0.6) is 0 Å². The molecule has 4 aromatic rings. The molecule has 2 amide bonds. The molecule has 0 radical (unpaired) electrons. The van der Waals surface area contributed by atoms with Crippen LogP contribution in [-0.2, 0) is 11.5 Å². The van der Waals surface area contributed by atoms with E-state index in [1.807, 2.05) is 0 Å². The lowest BCUT2D eigenvalue weighted by Gasteiger charge is -2.03. The van der Waals surface area contributed by atoms with Crippen molar-refractivity contribution in [2.75, 3.05) is 14.1 Å². The molecule has 2 aromatic heterocycles. The van der Waals surface area contributed by atoms with Crippen molar-refractivity contribution in [2.45, 2.75) is 6.61 Å². The second-order valence-corrected chi connectivity index (χ2v) is 8.49. The maximum absolute atomic E-state index is 13.2. The number of nitrogens with zero attached hydrogens (tertiary/aromatic N) is 2. The van der Waals surface area contributed by atoms with E-state index in [2.05, 4.69) is 31.4 Å². The van der Waals surface area contributed by atoms with Crippen molar-refractivity contribution in [3.8, 4) is 11.4 Å². The molecule has 6 N–H and O–H groups in total. The summed E-state index contributed by atoms with van der Waals surface area (Å²) in [4.78, 5) is 66.7. The van der Waals surface area contributed by atoms with Crippen LogP contribution in [-0.4, -0.2) is 61.8 Å². The molecule has 0 saturated heterocycles. The molecule has 0 aliphatic carbocycles. The first-order chi connectivity index (χ1) is 19.7. The third kappa shape index (κ3) is 5.69. The molecule has 41 heavy (non-hydrogen) atoms. The summed E-state index contributed by atoms with van der Waals surface area (Å²) in [7, 11) is 2.77. The molecule has 0 aliphatic rings. The number of hydrogen-bond acceptors (Lipinski definition) is 7. The average molecular weight is 561 g/mol. The molecule has 4 rings (SSSR count). The quantitative estimate of drug-likeness (QED) is 0.100. The van der Waals surface area contributed by atoms with Crippen molar-refractivity contribution in [3.05, 3.63) is 109 Å². The minimum atomic E-state index is -1.14. The molecule has 0 bridgehead atoms. The van der Waals surface area contributed by atoms with E-state index >= 15 is 0 Å². The van der Waals surface area contributed by atoms with E-state index in [1.54, 1.807) is 24.3 Å². The summed E-state index contributed by atoms with van der Waals surface area (Å²) >= 11 is 0. The number of hydrogen-bond donors (Lipinski definition) is 6. The smallest absolute Gasteiger partial charge is 0.335 e. The van der Waals surface area contributed by atoms with E-state index < -0.39 is 28.9 Å². The van der Waals surface area contributed by atoms with Crippen LogP contribution in [0.15, 0.2) is 63.9 Å². The van der Waals surface area contributed by atoms with Crippen molar-refractivity contribution in [1.29, 1.82) is 0 Å². The van der Waals surface area contributed by atoms with Gasteiger partial charge in [-0.2, -0.15) is 0 Å². The number of nitrogens with one attached hydrogen (secondary N) is 4. The van der Waals surface area contributed by atoms with E-state index in [-0.39, 0.29) is 40.4 Å². The molecule has 0 atom stereocenters. The number of aromatic nitrogens is 4. The van der Waals surface area contributed by atoms with Crippen LogP contribution in [0.3, 0.4) is 0 Å². The predicted molar refractivity (Wildman–Crippen MR) is 146 cm³/mol. The summed E-state index contributed by atoms with van der Waals surface area (Å²) < 4.78 is 2.20. The summed E-state index contributed by atoms with van der Waals surface area (Å²) in [6.07, 6.45) is 2.40. The first-order valence-corrected chi connectivity index (χ1v) is 12.0. The van der Waals surface area contributed by atoms with Gasteiger partial charge in [0.2, 0.25) is 0 Å². The molecule has 14 heteroatoms. The van der Waals surface area contributed by atoms with Gasteiger partial charge in [0, 0.05) is 14.1 Å². The predicted octanol–water partition coefficient (Wildman–Crippen LogP) is 1.38. The molecular formula is C27H24N6O8. The topological polar surface area (TPSA) is 201 Å². The van der Waals surface area contributed by atoms with Gasteiger partial charge in [0.1, 0.15) is 18.0 Å². The minimum Gasteiger partial charge on any atom is -0.478 e. The molecule has 0 aliphatic heterocycles. The van der Waals surface area contributed by atoms with Gasteiger partial charge in [0.05, 0.1) is 28.1 Å². The zero-order valence-electron chi connectivity index (χ0n) is 21.7. The standard InChI is InChI=1S/C27H24N6O8/c1-28-23(34)21-19(25(36)32(30-21)17-10-6-15(7-11-17)14-41-40)4-3-5-20-22(24(35)29-2)31-33(26(20)37)18-12-8-16(9-13-18)27(38)39/h4-13,30-31,40H,14H2,1-2H3,(H,28,34)(H,29,35)(H,38,39). The highest BCUT2D eigenvalue weighted by atomic mass is 17.1. The van der Waals surface area contributed by atoms with Crippen LogP contribution in [0, 0.1) is 0 Å². The number of H-pyrrole nitrogens is 2. The third-order valence-electron chi connectivity index (χ3n) is 6.01. The molecule has 2 aromatic carbocycles. The van der Waals surface area contributed by atoms with E-state index in [1.165, 1.54) is 50.5 Å². The van der Waals surface area contributed by atoms with Crippen LogP contribution in [0.25, 0.3) is 23.5 Å². The minimum absolute atomic E-state index is 0.0159. The van der Waals surface area contributed by atoms with Gasteiger partial charge in [-0.15, -0.1) is 5.73 Å². The Morgan fingerprint density at radius 3 is 1.66 bits per heavy atom. The van der Waals surface area contributed by atoms with Crippen LogP contribution < -0.4 is 21.8 Å². The van der Waals surface area contributed by atoms with Gasteiger partial charge < -0.3 is 15.7 Å². The van der Waals surface area contributed by atoms with E-state index in [4.69, 9.17) is 10.4 Å². The van der Waals surface area contributed by atoms with Gasteiger partial charge in [0.15, 0.2) is 0 Å². The van der Waals surface area contributed by atoms with Crippen LogP contribution in [0.1, 0.15) is 48.0 Å². The highest BCUT2D eigenvalue weighted by molar-refractivity contribution is 5.97. The van der Waals surface area contributed by atoms with E-state index in [9.17, 15) is 24.0 Å². The molecule has 210 valence electrons. The number of amides is 2. The maximum Gasteiger partial charge on any atom is 0.335 e. The number of carbonyl (C=O) groups is 3. The van der Waals surface area contributed by atoms with Gasteiger partial charge >= 0.3 is 5.97 Å². The van der Waals surface area contributed by atoms with Crippen molar-refractivity contribution in [2.24, 2.45) is 0 Å². The van der Waals surface area contributed by atoms with Gasteiger partial charge in [-0.05, 0) is 54.1 Å². The van der Waals surface area contributed by atoms with Crippen LogP contribution in [0.2, 0.25) is 0 Å². The lowest BCUT2D eigenvalue weighted by Crippen LogP contribution is -2.20. The van der Waals surface area contributed by atoms with Crippen molar-refractivity contribution < 1.29 is 29.6 Å². The maximum atomic E-state index is 13.2. The normalized spacial score (nSPS) is 10.5. The largest absolute Gasteiger partial charge is 0.478 e. The second-order valence-electron chi connectivity index (χ2n) is 8.49. The Balaban J connectivity index is 1.80. The summed E-state index contributed by atoms with van der Waals surface area (Å²) in [5.41, 5.74) is 2.49. The monoisotopic (exact) mass is 560 g/mol. The number of carboxylic acids is 1. The Morgan fingerprint density at radius 2 is 1.27 bits per heavy atom. The Bertz CT molecular complexity index is 1800.